The Morgan fingerprint density at radius 3 is 2.73 bits per heavy atom. The van der Waals surface area contributed by atoms with E-state index in [0.717, 1.165) is 12.5 Å². The van der Waals surface area contributed by atoms with E-state index in [1.54, 1.807) is 0 Å². The summed E-state index contributed by atoms with van der Waals surface area (Å²) in [6, 6.07) is 0. The molecule has 0 aromatic carbocycles. The van der Waals surface area contributed by atoms with Crippen molar-refractivity contribution >= 4 is 0 Å². The van der Waals surface area contributed by atoms with E-state index < -0.39 is 0 Å². The van der Waals surface area contributed by atoms with Crippen LogP contribution < -0.4 is 5.32 Å². The van der Waals surface area contributed by atoms with Crippen LogP contribution in [-0.4, -0.2) is 25.8 Å². The third-order valence-corrected chi connectivity index (χ3v) is 2.65. The lowest BCUT2D eigenvalue weighted by Crippen LogP contribution is -2.86. The largest absolute Gasteiger partial charge is 0.372 e. The number of hydrogen-bond donors (Lipinski definition) is 1. The van der Waals surface area contributed by atoms with Gasteiger partial charge in [0.1, 0.15) is 12.6 Å². The molecule has 0 spiro atoms. The highest BCUT2D eigenvalue weighted by Gasteiger charge is 2.24. The SMILES string of the molecule is C1COC(C[NH2+]CC2CC2)C1. The van der Waals surface area contributed by atoms with Crippen molar-refractivity contribution in [3.63, 3.8) is 0 Å². The number of ether oxygens (including phenoxy) is 1. The number of rotatable bonds is 4. The van der Waals surface area contributed by atoms with Gasteiger partial charge in [0.2, 0.25) is 0 Å². The number of hydrogen-bond acceptors (Lipinski definition) is 1. The second-order valence-electron chi connectivity index (χ2n) is 3.84. The van der Waals surface area contributed by atoms with Crippen molar-refractivity contribution in [3.8, 4) is 0 Å². The van der Waals surface area contributed by atoms with Gasteiger partial charge in [-0.2, -0.15) is 0 Å². The fourth-order valence-electron chi connectivity index (χ4n) is 1.70. The Labute approximate surface area is 68.3 Å². The average Bonchev–Trinajstić information content (AvgIpc) is 2.66. The summed E-state index contributed by atoms with van der Waals surface area (Å²) in [7, 11) is 0. The topological polar surface area (TPSA) is 25.8 Å². The van der Waals surface area contributed by atoms with Crippen molar-refractivity contribution in [1.29, 1.82) is 0 Å². The molecule has 64 valence electrons. The summed E-state index contributed by atoms with van der Waals surface area (Å²) < 4.78 is 5.52. The van der Waals surface area contributed by atoms with Gasteiger partial charge < -0.3 is 10.1 Å². The molecule has 2 N–H and O–H groups in total. The van der Waals surface area contributed by atoms with Crippen molar-refractivity contribution in [2.24, 2.45) is 5.92 Å². The molecule has 2 rings (SSSR count). The van der Waals surface area contributed by atoms with Crippen molar-refractivity contribution in [2.45, 2.75) is 31.8 Å². The molecule has 1 saturated carbocycles. The first-order valence-corrected chi connectivity index (χ1v) is 4.88. The van der Waals surface area contributed by atoms with Crippen LogP contribution in [0.5, 0.6) is 0 Å². The number of quaternary nitrogens is 1. The fraction of sp³-hybridized carbons (Fsp3) is 1.00. The first kappa shape index (κ1) is 7.56. The zero-order chi connectivity index (χ0) is 7.52. The highest BCUT2D eigenvalue weighted by atomic mass is 16.5. The molecular weight excluding hydrogens is 138 g/mol. The van der Waals surface area contributed by atoms with Gasteiger partial charge in [-0.3, -0.25) is 0 Å². The summed E-state index contributed by atoms with van der Waals surface area (Å²) in [4.78, 5) is 0. The molecule has 1 heterocycles. The first-order chi connectivity index (χ1) is 5.45. The molecule has 11 heavy (non-hydrogen) atoms. The molecular formula is C9H18NO+. The van der Waals surface area contributed by atoms with Gasteiger partial charge in [0, 0.05) is 12.5 Å². The van der Waals surface area contributed by atoms with Crippen LogP contribution >= 0.6 is 0 Å². The van der Waals surface area contributed by atoms with E-state index in [9.17, 15) is 0 Å². The summed E-state index contributed by atoms with van der Waals surface area (Å²) >= 11 is 0. The average molecular weight is 156 g/mol. The molecule has 1 atom stereocenters. The molecule has 0 aromatic rings. The molecule has 1 aliphatic heterocycles. The Bertz CT molecular complexity index is 117. The van der Waals surface area contributed by atoms with Crippen LogP contribution in [0.4, 0.5) is 0 Å². The lowest BCUT2D eigenvalue weighted by Gasteiger charge is -2.06. The van der Waals surface area contributed by atoms with E-state index in [0.29, 0.717) is 6.10 Å². The molecule has 0 radical (unpaired) electrons. The van der Waals surface area contributed by atoms with E-state index in [4.69, 9.17) is 4.74 Å². The van der Waals surface area contributed by atoms with E-state index in [-0.39, 0.29) is 0 Å². The Morgan fingerprint density at radius 2 is 2.09 bits per heavy atom. The van der Waals surface area contributed by atoms with Crippen LogP contribution in [0, 0.1) is 5.92 Å². The van der Waals surface area contributed by atoms with Gasteiger partial charge in [0.25, 0.3) is 0 Å². The van der Waals surface area contributed by atoms with Gasteiger partial charge >= 0.3 is 0 Å². The molecule has 2 nitrogen and oxygen atoms in total. The minimum absolute atomic E-state index is 0.578. The summed E-state index contributed by atoms with van der Waals surface area (Å²) in [6.45, 7) is 3.55. The molecule has 0 amide bonds. The van der Waals surface area contributed by atoms with Crippen LogP contribution in [0.1, 0.15) is 25.7 Å². The molecule has 1 unspecified atom stereocenters. The maximum atomic E-state index is 5.52. The molecule has 2 heteroatoms. The molecule has 0 bridgehead atoms. The Morgan fingerprint density at radius 1 is 1.18 bits per heavy atom. The Balaban J connectivity index is 1.51. The van der Waals surface area contributed by atoms with E-state index in [1.165, 1.54) is 38.8 Å². The lowest BCUT2D eigenvalue weighted by molar-refractivity contribution is -0.663. The van der Waals surface area contributed by atoms with Gasteiger partial charge in [-0.05, 0) is 25.7 Å². The van der Waals surface area contributed by atoms with Gasteiger partial charge in [-0.15, -0.1) is 0 Å². The van der Waals surface area contributed by atoms with Gasteiger partial charge in [-0.25, -0.2) is 0 Å². The summed E-state index contributed by atoms with van der Waals surface area (Å²) in [5.41, 5.74) is 0. The predicted octanol–water partition coefficient (Wildman–Crippen LogP) is 0.139. The summed E-state index contributed by atoms with van der Waals surface area (Å²) in [6.07, 6.45) is 6.10. The molecule has 2 aliphatic rings. The Hall–Kier alpha value is -0.0800. The van der Waals surface area contributed by atoms with Gasteiger partial charge in [-0.1, -0.05) is 0 Å². The van der Waals surface area contributed by atoms with Crippen molar-refractivity contribution in [3.05, 3.63) is 0 Å². The van der Waals surface area contributed by atoms with Crippen LogP contribution in [0.2, 0.25) is 0 Å². The third-order valence-electron chi connectivity index (χ3n) is 2.65. The zero-order valence-electron chi connectivity index (χ0n) is 7.09. The highest BCUT2D eigenvalue weighted by Crippen LogP contribution is 2.26. The normalized spacial score (nSPS) is 31.1. The zero-order valence-corrected chi connectivity index (χ0v) is 7.09. The standard InChI is InChI=1S/C9H17NO/c1-2-9(11-5-1)7-10-6-8-3-4-8/h8-10H,1-7H2/p+1. The number of nitrogens with two attached hydrogens (primary N) is 1. The monoisotopic (exact) mass is 156 g/mol. The maximum Gasteiger partial charge on any atom is 0.106 e. The smallest absolute Gasteiger partial charge is 0.106 e. The molecule has 2 fully saturated rings. The van der Waals surface area contributed by atoms with Gasteiger partial charge in [0.15, 0.2) is 0 Å². The Kier molecular flexibility index (Phi) is 2.44. The first-order valence-electron chi connectivity index (χ1n) is 4.88. The third kappa shape index (κ3) is 2.46. The van der Waals surface area contributed by atoms with E-state index in [2.05, 4.69) is 5.32 Å². The predicted molar refractivity (Wildman–Crippen MR) is 43.4 cm³/mol. The van der Waals surface area contributed by atoms with Crippen molar-refractivity contribution in [1.82, 2.24) is 0 Å². The minimum Gasteiger partial charge on any atom is -0.372 e. The van der Waals surface area contributed by atoms with Crippen molar-refractivity contribution < 1.29 is 10.1 Å². The van der Waals surface area contributed by atoms with Crippen molar-refractivity contribution in [2.75, 3.05) is 19.7 Å². The second kappa shape index (κ2) is 3.55. The quantitative estimate of drug-likeness (QED) is 0.615. The van der Waals surface area contributed by atoms with Crippen LogP contribution in [0.3, 0.4) is 0 Å². The van der Waals surface area contributed by atoms with Crippen LogP contribution in [0.15, 0.2) is 0 Å². The molecule has 0 aromatic heterocycles. The summed E-state index contributed by atoms with van der Waals surface area (Å²) in [5, 5.41) is 2.44. The second-order valence-corrected chi connectivity index (χ2v) is 3.84. The molecule has 1 aliphatic carbocycles. The minimum atomic E-state index is 0.578. The maximum absolute atomic E-state index is 5.52. The molecule has 1 saturated heterocycles. The lowest BCUT2D eigenvalue weighted by atomic mass is 10.2. The highest BCUT2D eigenvalue weighted by molar-refractivity contribution is 4.71. The van der Waals surface area contributed by atoms with Crippen LogP contribution in [0.25, 0.3) is 0 Å². The fourth-order valence-corrected chi connectivity index (χ4v) is 1.70. The summed E-state index contributed by atoms with van der Waals surface area (Å²) in [5.74, 6) is 1.05. The van der Waals surface area contributed by atoms with E-state index >= 15 is 0 Å². The van der Waals surface area contributed by atoms with Crippen LogP contribution in [-0.2, 0) is 4.74 Å². The van der Waals surface area contributed by atoms with E-state index in [1.807, 2.05) is 0 Å². The van der Waals surface area contributed by atoms with Gasteiger partial charge in [0.05, 0.1) is 6.54 Å².